The van der Waals surface area contributed by atoms with Crippen molar-refractivity contribution in [3.05, 3.63) is 125 Å². The summed E-state index contributed by atoms with van der Waals surface area (Å²) in [5.41, 5.74) is 2.93. The monoisotopic (exact) mass is 689 g/mol. The average Bonchev–Trinajstić information content (AvgIpc) is 3.59. The van der Waals surface area contributed by atoms with E-state index < -0.39 is 28.5 Å². The zero-order chi connectivity index (χ0) is 33.4. The zero-order valence-electron chi connectivity index (χ0n) is 26.6. The molecule has 0 radical (unpaired) electrons. The first-order valence-corrected chi connectivity index (χ1v) is 18.8. The van der Waals surface area contributed by atoms with Crippen LogP contribution in [0.3, 0.4) is 0 Å². The van der Waals surface area contributed by atoms with Crippen LogP contribution in [0.1, 0.15) is 42.4 Å². The predicted octanol–water partition coefficient (Wildman–Crippen LogP) is 7.26. The molecule has 1 N–H and O–H groups in total. The minimum atomic E-state index is -4.17. The lowest BCUT2D eigenvalue weighted by Gasteiger charge is -2.34. The number of rotatable bonds is 13. The summed E-state index contributed by atoms with van der Waals surface area (Å²) in [6, 6.07) is 29.5. The molecular formula is C37H40ClN3O4S2. The third-order valence-electron chi connectivity index (χ3n) is 8.46. The molecule has 0 bridgehead atoms. The van der Waals surface area contributed by atoms with E-state index in [-0.39, 0.29) is 29.8 Å². The van der Waals surface area contributed by atoms with Gasteiger partial charge in [-0.2, -0.15) is 0 Å². The maximum absolute atomic E-state index is 14.6. The molecule has 2 amide bonds. The van der Waals surface area contributed by atoms with Gasteiger partial charge < -0.3 is 10.2 Å². The number of nitrogens with zero attached hydrogens (tertiary/aromatic N) is 2. The number of nitrogens with one attached hydrogen (secondary N) is 1. The van der Waals surface area contributed by atoms with E-state index >= 15 is 0 Å². The quantitative estimate of drug-likeness (QED) is 0.149. The molecule has 1 aliphatic carbocycles. The van der Waals surface area contributed by atoms with Crippen LogP contribution >= 0.6 is 23.4 Å². The van der Waals surface area contributed by atoms with Crippen molar-refractivity contribution >= 4 is 50.9 Å². The molecule has 246 valence electrons. The minimum Gasteiger partial charge on any atom is -0.352 e. The van der Waals surface area contributed by atoms with E-state index in [2.05, 4.69) is 5.32 Å². The fourth-order valence-corrected chi connectivity index (χ4v) is 7.90. The van der Waals surface area contributed by atoms with E-state index in [0.29, 0.717) is 10.7 Å². The Labute approximate surface area is 287 Å². The number of halogens is 1. The number of hydrogen-bond donors (Lipinski definition) is 1. The maximum atomic E-state index is 14.6. The summed E-state index contributed by atoms with van der Waals surface area (Å²) in [5, 5.41) is 3.70. The van der Waals surface area contributed by atoms with Crippen LogP contribution < -0.4 is 9.62 Å². The topological polar surface area (TPSA) is 86.8 Å². The summed E-state index contributed by atoms with van der Waals surface area (Å²) in [4.78, 5) is 31.3. The first-order valence-electron chi connectivity index (χ1n) is 15.8. The van der Waals surface area contributed by atoms with Crippen molar-refractivity contribution in [1.29, 1.82) is 0 Å². The van der Waals surface area contributed by atoms with Gasteiger partial charge in [0.05, 0.1) is 10.6 Å². The molecule has 0 saturated heterocycles. The second kappa shape index (κ2) is 15.9. The SMILES string of the molecule is CSc1ccc(S(=O)(=O)N(CC(=O)N(Cc2cccc(Cl)c2)[C@@H](Cc2ccccc2)C(=O)NC2CCCC2)c2ccc(C)cc2)cc1. The number of anilines is 1. The number of carbonyl (C=O) groups is 2. The van der Waals surface area contributed by atoms with Crippen molar-refractivity contribution in [1.82, 2.24) is 10.2 Å². The summed E-state index contributed by atoms with van der Waals surface area (Å²) in [6.45, 7) is 1.48. The molecule has 5 rings (SSSR count). The molecule has 1 saturated carbocycles. The highest BCUT2D eigenvalue weighted by molar-refractivity contribution is 7.98. The van der Waals surface area contributed by atoms with Crippen LogP contribution in [-0.4, -0.2) is 50.0 Å². The van der Waals surface area contributed by atoms with Gasteiger partial charge in [0.2, 0.25) is 11.8 Å². The van der Waals surface area contributed by atoms with Gasteiger partial charge in [0.25, 0.3) is 10.0 Å². The normalized spacial score (nSPS) is 14.0. The van der Waals surface area contributed by atoms with Crippen LogP contribution in [0.15, 0.2) is 113 Å². The molecule has 1 atom stereocenters. The molecule has 0 heterocycles. The fraction of sp³-hybridized carbons (Fsp3) is 0.297. The van der Waals surface area contributed by atoms with Gasteiger partial charge in [0.15, 0.2) is 0 Å². The van der Waals surface area contributed by atoms with Crippen molar-refractivity contribution in [3.8, 4) is 0 Å². The number of carbonyl (C=O) groups excluding carboxylic acids is 2. The van der Waals surface area contributed by atoms with Crippen molar-refractivity contribution in [2.75, 3.05) is 17.1 Å². The van der Waals surface area contributed by atoms with Crippen LogP contribution in [0, 0.1) is 6.92 Å². The Balaban J connectivity index is 1.56. The van der Waals surface area contributed by atoms with Gasteiger partial charge in [-0.3, -0.25) is 13.9 Å². The number of sulfonamides is 1. The summed E-state index contributed by atoms with van der Waals surface area (Å²) >= 11 is 7.86. The van der Waals surface area contributed by atoms with Crippen molar-refractivity contribution in [2.45, 2.75) is 67.4 Å². The van der Waals surface area contributed by atoms with Gasteiger partial charge in [-0.25, -0.2) is 8.42 Å². The van der Waals surface area contributed by atoms with Gasteiger partial charge >= 0.3 is 0 Å². The molecule has 0 unspecified atom stereocenters. The Morgan fingerprint density at radius 3 is 2.19 bits per heavy atom. The van der Waals surface area contributed by atoms with Crippen molar-refractivity contribution in [2.24, 2.45) is 0 Å². The van der Waals surface area contributed by atoms with Gasteiger partial charge in [0.1, 0.15) is 12.6 Å². The molecular weight excluding hydrogens is 650 g/mol. The minimum absolute atomic E-state index is 0.0394. The Morgan fingerprint density at radius 1 is 0.894 bits per heavy atom. The first-order chi connectivity index (χ1) is 22.6. The zero-order valence-corrected chi connectivity index (χ0v) is 29.0. The molecule has 0 aliphatic heterocycles. The molecule has 10 heteroatoms. The largest absolute Gasteiger partial charge is 0.352 e. The predicted molar refractivity (Wildman–Crippen MR) is 190 cm³/mol. The molecule has 0 aromatic heterocycles. The molecule has 47 heavy (non-hydrogen) atoms. The van der Waals surface area contributed by atoms with E-state index in [1.54, 1.807) is 54.6 Å². The van der Waals surface area contributed by atoms with Gasteiger partial charge in [-0.05, 0) is 85.7 Å². The van der Waals surface area contributed by atoms with E-state index in [1.165, 1.54) is 16.7 Å². The highest BCUT2D eigenvalue weighted by Gasteiger charge is 2.35. The standard InChI is InChI=1S/C37H40ClN3O4S2/c1-27-15-17-32(18-16-27)41(47(44,45)34-21-19-33(46-2)20-22-34)26-36(42)40(25-29-11-8-12-30(38)23-29)35(24-28-9-4-3-5-10-28)37(43)39-31-13-6-7-14-31/h3-5,8-12,15-23,31,35H,6-7,13-14,24-26H2,1-2H3,(H,39,43)/t35-/m0/s1. The van der Waals surface area contributed by atoms with Crippen LogP contribution in [0.2, 0.25) is 5.02 Å². The number of benzene rings is 4. The Hall–Kier alpha value is -3.79. The fourth-order valence-electron chi connectivity index (χ4n) is 5.87. The Kier molecular flexibility index (Phi) is 11.7. The second-order valence-corrected chi connectivity index (χ2v) is 15.0. The highest BCUT2D eigenvalue weighted by atomic mass is 35.5. The van der Waals surface area contributed by atoms with Crippen LogP contribution in [-0.2, 0) is 32.6 Å². The lowest BCUT2D eigenvalue weighted by atomic mass is 10.0. The van der Waals surface area contributed by atoms with Crippen molar-refractivity contribution in [3.63, 3.8) is 0 Å². The van der Waals surface area contributed by atoms with E-state index in [4.69, 9.17) is 11.6 Å². The Morgan fingerprint density at radius 2 is 1.55 bits per heavy atom. The van der Waals surface area contributed by atoms with Gasteiger partial charge in [0, 0.05) is 28.9 Å². The lowest BCUT2D eigenvalue weighted by Crippen LogP contribution is -2.54. The first kappa shape index (κ1) is 34.5. The van der Waals surface area contributed by atoms with Gasteiger partial charge in [-0.1, -0.05) is 84.6 Å². The summed E-state index contributed by atoms with van der Waals surface area (Å²) in [7, 11) is -4.17. The van der Waals surface area contributed by atoms with Crippen LogP contribution in [0.5, 0.6) is 0 Å². The summed E-state index contributed by atoms with van der Waals surface area (Å²) in [5.74, 6) is -0.758. The molecule has 1 fully saturated rings. The average molecular weight is 690 g/mol. The smallest absolute Gasteiger partial charge is 0.264 e. The van der Waals surface area contributed by atoms with Crippen LogP contribution in [0.4, 0.5) is 5.69 Å². The third kappa shape index (κ3) is 8.97. The second-order valence-electron chi connectivity index (χ2n) is 11.9. The molecule has 4 aromatic rings. The van der Waals surface area contributed by atoms with E-state index in [9.17, 15) is 18.0 Å². The number of hydrogen-bond acceptors (Lipinski definition) is 5. The van der Waals surface area contributed by atoms with Gasteiger partial charge in [-0.15, -0.1) is 11.8 Å². The van der Waals surface area contributed by atoms with Crippen molar-refractivity contribution < 1.29 is 18.0 Å². The Bertz CT molecular complexity index is 1760. The third-order valence-corrected chi connectivity index (χ3v) is 11.2. The van der Waals surface area contributed by atoms with E-state index in [0.717, 1.165) is 51.6 Å². The number of thioether (sulfide) groups is 1. The summed E-state index contributed by atoms with van der Waals surface area (Å²) < 4.78 is 29.7. The number of amides is 2. The lowest BCUT2D eigenvalue weighted by molar-refractivity contribution is -0.140. The van der Waals surface area contributed by atoms with E-state index in [1.807, 2.05) is 61.7 Å². The molecule has 1 aliphatic rings. The highest BCUT2D eigenvalue weighted by Crippen LogP contribution is 2.27. The van der Waals surface area contributed by atoms with Crippen LogP contribution in [0.25, 0.3) is 0 Å². The summed E-state index contributed by atoms with van der Waals surface area (Å²) in [6.07, 6.45) is 6.05. The number of aryl methyl sites for hydroxylation is 1. The molecule has 7 nitrogen and oxygen atoms in total. The maximum Gasteiger partial charge on any atom is 0.264 e. The molecule has 4 aromatic carbocycles. The molecule has 0 spiro atoms.